The Morgan fingerprint density at radius 2 is 1.24 bits per heavy atom. The van der Waals surface area contributed by atoms with Crippen LogP contribution in [0.1, 0.15) is 93.7 Å². The molecule has 1 aliphatic heterocycles. The van der Waals surface area contributed by atoms with Gasteiger partial charge in [-0.05, 0) is 98.7 Å². The van der Waals surface area contributed by atoms with E-state index < -0.39 is 52.9 Å². The molecular formula is C33H36F10O3. The highest BCUT2D eigenvalue weighted by atomic mass is 19.4. The van der Waals surface area contributed by atoms with Crippen LogP contribution >= 0.6 is 0 Å². The minimum absolute atomic E-state index is 0.0776. The third kappa shape index (κ3) is 8.11. The number of hydrogen-bond acceptors (Lipinski definition) is 3. The third-order valence-electron chi connectivity index (χ3n) is 9.95. The molecule has 0 bridgehead atoms. The molecule has 2 aliphatic carbocycles. The topological polar surface area (TPSA) is 27.7 Å². The quantitative estimate of drug-likeness (QED) is 0.262. The molecule has 2 aromatic rings. The van der Waals surface area contributed by atoms with E-state index >= 15 is 0 Å². The zero-order valence-corrected chi connectivity index (χ0v) is 25.1. The van der Waals surface area contributed by atoms with Gasteiger partial charge in [0.25, 0.3) is 0 Å². The van der Waals surface area contributed by atoms with Crippen LogP contribution in [-0.4, -0.2) is 19.1 Å². The first-order chi connectivity index (χ1) is 21.5. The lowest BCUT2D eigenvalue weighted by atomic mass is 9.72. The normalized spacial score (nSPS) is 28.2. The van der Waals surface area contributed by atoms with Crippen LogP contribution in [0, 0.1) is 41.1 Å². The summed E-state index contributed by atoms with van der Waals surface area (Å²) >= 11 is 0. The van der Waals surface area contributed by atoms with Gasteiger partial charge >= 0.3 is 18.6 Å². The number of rotatable bonds is 8. The number of ether oxygens (including phenoxy) is 3. The fraction of sp³-hybridized carbons (Fsp3) is 0.636. The largest absolute Gasteiger partial charge is 0.527 e. The van der Waals surface area contributed by atoms with Crippen molar-refractivity contribution in [1.82, 2.24) is 0 Å². The summed E-state index contributed by atoms with van der Waals surface area (Å²) in [4.78, 5) is 0. The maximum Gasteiger partial charge on any atom is 0.527 e. The van der Waals surface area contributed by atoms with Crippen LogP contribution in [0.5, 0.6) is 5.75 Å². The van der Waals surface area contributed by atoms with Crippen LogP contribution in [0.2, 0.25) is 0 Å². The second-order valence-electron chi connectivity index (χ2n) is 13.0. The minimum atomic E-state index is -5.96. The van der Waals surface area contributed by atoms with E-state index in [4.69, 9.17) is 4.74 Å². The molecule has 2 unspecified atom stereocenters. The Balaban J connectivity index is 1.17. The Kier molecular flexibility index (Phi) is 10.2. The van der Waals surface area contributed by atoms with Crippen molar-refractivity contribution >= 4 is 0 Å². The van der Waals surface area contributed by atoms with E-state index in [2.05, 4.69) is 16.4 Å². The fourth-order valence-electron chi connectivity index (χ4n) is 7.42. The van der Waals surface area contributed by atoms with Crippen molar-refractivity contribution in [3.8, 4) is 5.75 Å². The molecule has 2 atom stereocenters. The smallest absolute Gasteiger partial charge is 0.429 e. The summed E-state index contributed by atoms with van der Waals surface area (Å²) in [5, 5.41) is 0. The van der Waals surface area contributed by atoms with Crippen LogP contribution in [-0.2, 0) is 21.7 Å². The summed E-state index contributed by atoms with van der Waals surface area (Å²) in [5.74, 6) is -4.95. The van der Waals surface area contributed by atoms with Crippen LogP contribution in [0.25, 0.3) is 0 Å². The molecule has 2 saturated carbocycles. The summed E-state index contributed by atoms with van der Waals surface area (Å²) in [6.07, 6.45) is -5.38. The van der Waals surface area contributed by atoms with Crippen LogP contribution in [0.3, 0.4) is 0 Å². The highest BCUT2D eigenvalue weighted by molar-refractivity contribution is 5.34. The van der Waals surface area contributed by atoms with E-state index in [1.54, 1.807) is 0 Å². The Hall–Kier alpha value is -2.54. The van der Waals surface area contributed by atoms with Crippen molar-refractivity contribution in [2.75, 3.05) is 6.61 Å². The molecule has 0 spiro atoms. The van der Waals surface area contributed by atoms with Gasteiger partial charge in [-0.25, -0.2) is 17.9 Å². The van der Waals surface area contributed by atoms with Gasteiger partial charge in [0, 0.05) is 12.1 Å². The van der Waals surface area contributed by atoms with E-state index in [0.717, 1.165) is 56.3 Å². The lowest BCUT2D eigenvalue weighted by molar-refractivity contribution is -0.432. The van der Waals surface area contributed by atoms with Crippen molar-refractivity contribution in [3.63, 3.8) is 0 Å². The monoisotopic (exact) mass is 670 g/mol. The van der Waals surface area contributed by atoms with Crippen LogP contribution in [0.4, 0.5) is 43.9 Å². The van der Waals surface area contributed by atoms with Gasteiger partial charge < -0.3 is 9.47 Å². The SMILES string of the molecule is CC1CCC(C2CCC(C3CCC(c4ccc(C(F)(F)Oc5cc(F)c(C(F)(F)OC(F)(F)F)c(F)c5)c(F)c4)CC3)OC2)CC1. The molecule has 46 heavy (non-hydrogen) atoms. The van der Waals surface area contributed by atoms with Crippen molar-refractivity contribution in [2.24, 2.45) is 23.7 Å². The standard InChI is InChI=1S/C33H36F10O3/c1-18-2-4-20(5-3-18)23-11-13-29(44-17-23)21-8-6-19(7-9-21)22-10-12-25(26(34)14-22)31(37,38)45-24-15-27(35)30(28(36)16-24)32(39,40)46-33(41,42)43/h10,12,14-16,18-21,23,29H,2-9,11,13,17H2,1H3. The van der Waals surface area contributed by atoms with Gasteiger partial charge in [-0.15, -0.1) is 13.2 Å². The zero-order chi connectivity index (χ0) is 33.4. The lowest BCUT2D eigenvalue weighted by Gasteiger charge is -2.41. The van der Waals surface area contributed by atoms with E-state index in [1.165, 1.54) is 31.7 Å². The minimum Gasteiger partial charge on any atom is -0.429 e. The molecule has 13 heteroatoms. The van der Waals surface area contributed by atoms with Gasteiger partial charge in [0.2, 0.25) is 0 Å². The van der Waals surface area contributed by atoms with E-state index in [9.17, 15) is 43.9 Å². The number of benzene rings is 2. The second-order valence-corrected chi connectivity index (χ2v) is 13.0. The average Bonchev–Trinajstić information content (AvgIpc) is 2.95. The molecule has 0 N–H and O–H groups in total. The predicted octanol–water partition coefficient (Wildman–Crippen LogP) is 10.7. The predicted molar refractivity (Wildman–Crippen MR) is 147 cm³/mol. The Labute approximate surface area is 260 Å². The van der Waals surface area contributed by atoms with Crippen molar-refractivity contribution in [1.29, 1.82) is 0 Å². The third-order valence-corrected chi connectivity index (χ3v) is 9.95. The van der Waals surface area contributed by atoms with Crippen LogP contribution < -0.4 is 4.74 Å². The Bertz CT molecular complexity index is 1320. The summed E-state index contributed by atoms with van der Waals surface area (Å²) in [6.45, 7) is 3.10. The molecule has 256 valence electrons. The number of halogens is 10. The first kappa shape index (κ1) is 34.8. The highest BCUT2D eigenvalue weighted by Crippen LogP contribution is 2.45. The van der Waals surface area contributed by atoms with Gasteiger partial charge in [0.15, 0.2) is 0 Å². The maximum atomic E-state index is 15.0. The summed E-state index contributed by atoms with van der Waals surface area (Å²) in [6, 6.07) is 2.70. The molecule has 0 aromatic heterocycles. The molecule has 2 aromatic carbocycles. The Morgan fingerprint density at radius 1 is 0.652 bits per heavy atom. The molecule has 1 heterocycles. The van der Waals surface area contributed by atoms with Crippen molar-refractivity contribution in [2.45, 2.75) is 102 Å². The van der Waals surface area contributed by atoms with E-state index in [0.29, 0.717) is 30.2 Å². The molecule has 3 fully saturated rings. The molecule has 0 radical (unpaired) electrons. The van der Waals surface area contributed by atoms with E-state index in [-0.39, 0.29) is 24.2 Å². The number of alkyl halides is 7. The molecule has 3 aliphatic rings. The zero-order valence-electron chi connectivity index (χ0n) is 25.1. The lowest BCUT2D eigenvalue weighted by Crippen LogP contribution is -2.37. The summed E-state index contributed by atoms with van der Waals surface area (Å²) in [5.41, 5.74) is -3.24. The summed E-state index contributed by atoms with van der Waals surface area (Å²) < 4.78 is 150. The second kappa shape index (κ2) is 13.5. The van der Waals surface area contributed by atoms with Crippen molar-refractivity contribution in [3.05, 3.63) is 64.5 Å². The van der Waals surface area contributed by atoms with E-state index in [1.807, 2.05) is 0 Å². The average molecular weight is 671 g/mol. The molecule has 3 nitrogen and oxygen atoms in total. The first-order valence-corrected chi connectivity index (χ1v) is 15.6. The van der Waals surface area contributed by atoms with Gasteiger partial charge in [0.05, 0.1) is 18.3 Å². The number of hydrogen-bond donors (Lipinski definition) is 0. The van der Waals surface area contributed by atoms with Gasteiger partial charge in [0.1, 0.15) is 28.8 Å². The molecule has 1 saturated heterocycles. The maximum absolute atomic E-state index is 15.0. The van der Waals surface area contributed by atoms with Gasteiger partial charge in [-0.3, -0.25) is 0 Å². The van der Waals surface area contributed by atoms with Crippen LogP contribution in [0.15, 0.2) is 30.3 Å². The fourth-order valence-corrected chi connectivity index (χ4v) is 7.42. The first-order valence-electron chi connectivity index (χ1n) is 15.6. The molecule has 5 rings (SSSR count). The molecule has 0 amide bonds. The molecular weight excluding hydrogens is 634 g/mol. The highest BCUT2D eigenvalue weighted by Gasteiger charge is 2.50. The summed E-state index contributed by atoms with van der Waals surface area (Å²) in [7, 11) is 0. The Morgan fingerprint density at radius 3 is 1.78 bits per heavy atom. The van der Waals surface area contributed by atoms with Gasteiger partial charge in [-0.2, -0.15) is 17.6 Å². The van der Waals surface area contributed by atoms with Crippen molar-refractivity contribution < 1.29 is 58.1 Å². The van der Waals surface area contributed by atoms with Gasteiger partial charge in [-0.1, -0.05) is 25.8 Å².